The molecular formula is C83H162O17P2. The monoisotopic (exact) mass is 1490 g/mol. The smallest absolute Gasteiger partial charge is 0.462 e. The largest absolute Gasteiger partial charge is 0.472 e. The van der Waals surface area contributed by atoms with Crippen molar-refractivity contribution in [2.45, 2.75) is 446 Å². The maximum Gasteiger partial charge on any atom is 0.472 e. The van der Waals surface area contributed by atoms with Gasteiger partial charge >= 0.3 is 39.5 Å². The van der Waals surface area contributed by atoms with Crippen LogP contribution in [0.5, 0.6) is 0 Å². The van der Waals surface area contributed by atoms with Crippen LogP contribution in [0.4, 0.5) is 0 Å². The van der Waals surface area contributed by atoms with E-state index in [0.29, 0.717) is 25.7 Å². The quantitative estimate of drug-likeness (QED) is 0.0222. The summed E-state index contributed by atoms with van der Waals surface area (Å²) in [5.41, 5.74) is 0. The van der Waals surface area contributed by atoms with Crippen molar-refractivity contribution in [3.05, 3.63) is 0 Å². The fraction of sp³-hybridized carbons (Fsp3) is 0.952. The zero-order valence-electron chi connectivity index (χ0n) is 67.2. The van der Waals surface area contributed by atoms with E-state index < -0.39 is 97.5 Å². The maximum absolute atomic E-state index is 13.1. The van der Waals surface area contributed by atoms with Crippen LogP contribution in [0.3, 0.4) is 0 Å². The molecule has 0 saturated carbocycles. The Morgan fingerprint density at radius 1 is 0.275 bits per heavy atom. The number of aliphatic hydroxyl groups is 1. The van der Waals surface area contributed by atoms with E-state index >= 15 is 0 Å². The molecule has 3 N–H and O–H groups in total. The van der Waals surface area contributed by atoms with Gasteiger partial charge in [-0.25, -0.2) is 9.13 Å². The van der Waals surface area contributed by atoms with E-state index in [1.165, 1.54) is 231 Å². The van der Waals surface area contributed by atoms with Crippen molar-refractivity contribution in [1.29, 1.82) is 0 Å². The van der Waals surface area contributed by atoms with Gasteiger partial charge in [0.2, 0.25) is 0 Å². The first kappa shape index (κ1) is 100. The lowest BCUT2D eigenvalue weighted by Crippen LogP contribution is -2.30. The second-order valence-corrected chi connectivity index (χ2v) is 34.0. The van der Waals surface area contributed by atoms with Crippen LogP contribution in [0.1, 0.15) is 428 Å². The van der Waals surface area contributed by atoms with Crippen LogP contribution < -0.4 is 0 Å². The molecule has 0 aliphatic rings. The van der Waals surface area contributed by atoms with Crippen LogP contribution in [0, 0.1) is 23.7 Å². The lowest BCUT2D eigenvalue weighted by Gasteiger charge is -2.21. The molecule has 17 nitrogen and oxygen atoms in total. The van der Waals surface area contributed by atoms with E-state index in [9.17, 15) is 43.2 Å². The Morgan fingerprint density at radius 2 is 0.471 bits per heavy atom. The number of ether oxygens (including phenoxy) is 4. The van der Waals surface area contributed by atoms with E-state index in [2.05, 4.69) is 55.4 Å². The summed E-state index contributed by atoms with van der Waals surface area (Å²) in [6.07, 6.45) is 59.4. The Labute approximate surface area is 626 Å². The molecule has 0 aromatic carbocycles. The van der Waals surface area contributed by atoms with Crippen molar-refractivity contribution in [2.75, 3.05) is 39.6 Å². The van der Waals surface area contributed by atoms with Gasteiger partial charge in [-0.1, -0.05) is 376 Å². The number of phosphoric acid groups is 2. The average Bonchev–Trinajstić information content (AvgIpc) is 1.01. The number of hydrogen-bond acceptors (Lipinski definition) is 15. The van der Waals surface area contributed by atoms with E-state index in [4.69, 9.17) is 37.0 Å². The molecule has 0 rings (SSSR count). The van der Waals surface area contributed by atoms with Crippen molar-refractivity contribution in [1.82, 2.24) is 0 Å². The highest BCUT2D eigenvalue weighted by molar-refractivity contribution is 7.47. The first-order valence-electron chi connectivity index (χ1n) is 42.8. The number of hydrogen-bond donors (Lipinski definition) is 3. The first-order chi connectivity index (χ1) is 49.2. The van der Waals surface area contributed by atoms with Crippen molar-refractivity contribution in [3.8, 4) is 0 Å². The van der Waals surface area contributed by atoms with Gasteiger partial charge in [0.05, 0.1) is 26.4 Å². The average molecular weight is 1490 g/mol. The highest BCUT2D eigenvalue weighted by atomic mass is 31.2. The SMILES string of the molecule is CCC(C)CCCCCCCCCCCCCCCCC(=O)OC[C@H](COP(=O)(O)OC[C@@H](O)COP(=O)(O)OC[C@@H](COC(=O)CCCCCCCCCCCC(C)C)OC(=O)CCCCCCCCCCCCC(C)CC)OC(=O)CCCCCCCCCCCCCCCCC(C)CC. The third-order valence-electron chi connectivity index (χ3n) is 20.4. The summed E-state index contributed by atoms with van der Waals surface area (Å²) in [6, 6.07) is 0. The zero-order chi connectivity index (χ0) is 75.3. The van der Waals surface area contributed by atoms with E-state index in [1.54, 1.807) is 0 Å². The summed E-state index contributed by atoms with van der Waals surface area (Å²) >= 11 is 0. The summed E-state index contributed by atoms with van der Waals surface area (Å²) in [4.78, 5) is 73.1. The Kier molecular flexibility index (Phi) is 70.6. The summed E-state index contributed by atoms with van der Waals surface area (Å²) in [7, 11) is -9.93. The molecule has 0 heterocycles. The van der Waals surface area contributed by atoms with Gasteiger partial charge < -0.3 is 33.8 Å². The molecule has 8 atom stereocenters. The van der Waals surface area contributed by atoms with Gasteiger partial charge in [0.15, 0.2) is 12.2 Å². The first-order valence-corrected chi connectivity index (χ1v) is 45.8. The van der Waals surface area contributed by atoms with E-state index in [-0.39, 0.29) is 25.7 Å². The normalized spacial score (nSPS) is 14.8. The topological polar surface area (TPSA) is 237 Å². The minimum Gasteiger partial charge on any atom is -0.462 e. The number of carbonyl (C=O) groups is 4. The van der Waals surface area contributed by atoms with E-state index in [1.807, 2.05) is 0 Å². The van der Waals surface area contributed by atoms with Crippen LogP contribution in [-0.4, -0.2) is 96.7 Å². The molecule has 102 heavy (non-hydrogen) atoms. The molecule has 0 radical (unpaired) electrons. The molecule has 0 aliphatic carbocycles. The molecule has 0 amide bonds. The number of aliphatic hydroxyl groups excluding tert-OH is 1. The summed E-state index contributed by atoms with van der Waals surface area (Å²) in [6.45, 7) is 14.4. The number of unbranched alkanes of at least 4 members (excludes halogenated alkanes) is 43. The summed E-state index contributed by atoms with van der Waals surface area (Å²) < 4.78 is 68.8. The molecule has 0 aromatic heterocycles. The van der Waals surface area contributed by atoms with Crippen molar-refractivity contribution in [2.24, 2.45) is 23.7 Å². The van der Waals surface area contributed by atoms with Crippen LogP contribution >= 0.6 is 15.6 Å². The van der Waals surface area contributed by atoms with Crippen LogP contribution in [0.2, 0.25) is 0 Å². The molecule has 0 bridgehead atoms. The Morgan fingerprint density at radius 3 is 0.696 bits per heavy atom. The van der Waals surface area contributed by atoms with Gasteiger partial charge in [0.1, 0.15) is 19.3 Å². The highest BCUT2D eigenvalue weighted by Gasteiger charge is 2.30. The van der Waals surface area contributed by atoms with Gasteiger partial charge in [-0.15, -0.1) is 0 Å². The van der Waals surface area contributed by atoms with Crippen LogP contribution in [0.15, 0.2) is 0 Å². The standard InChI is InChI=1S/C83H162O17P2/c1-9-74(6)60-52-44-36-28-20-16-12-14-18-22-31-39-47-55-63-80(85)93-69-78(99-82(87)65-57-49-41-32-23-19-15-13-17-21-29-37-45-53-61-75(7)10-2)71-97-101(89,90)95-67-77(84)68-96-102(91,92)98-72-79(70-94-81(86)64-56-48-40-34-26-27-35-43-51-59-73(4)5)100-83(88)66-58-50-42-33-25-24-30-38-46-54-62-76(8)11-3/h73-79,84H,9-72H2,1-8H3,(H,89,90)(H,91,92)/t74?,75?,76?,77-,78-,79-/m1/s1. The molecule has 0 spiro atoms. The minimum atomic E-state index is -4.97. The third kappa shape index (κ3) is 72.3. The molecule has 0 aromatic rings. The molecule has 0 aliphatic heterocycles. The number of esters is 4. The maximum atomic E-state index is 13.1. The van der Waals surface area contributed by atoms with Crippen LogP contribution in [0.25, 0.3) is 0 Å². The van der Waals surface area contributed by atoms with Crippen molar-refractivity contribution >= 4 is 39.5 Å². The Balaban J connectivity index is 5.28. The number of rotatable bonds is 80. The van der Waals surface area contributed by atoms with Crippen molar-refractivity contribution in [3.63, 3.8) is 0 Å². The molecule has 606 valence electrons. The fourth-order valence-electron chi connectivity index (χ4n) is 12.7. The second-order valence-electron chi connectivity index (χ2n) is 31.1. The predicted molar refractivity (Wildman–Crippen MR) is 418 cm³/mol. The summed E-state index contributed by atoms with van der Waals surface area (Å²) in [5.74, 6) is 1.13. The lowest BCUT2D eigenvalue weighted by molar-refractivity contribution is -0.161. The zero-order valence-corrected chi connectivity index (χ0v) is 69.0. The van der Waals surface area contributed by atoms with Crippen molar-refractivity contribution < 1.29 is 80.2 Å². The van der Waals surface area contributed by atoms with Crippen LogP contribution in [-0.2, 0) is 65.4 Å². The fourth-order valence-corrected chi connectivity index (χ4v) is 14.3. The molecule has 5 unspecified atom stereocenters. The molecule has 0 fully saturated rings. The predicted octanol–water partition coefficient (Wildman–Crippen LogP) is 24.8. The minimum absolute atomic E-state index is 0.106. The molecular weight excluding hydrogens is 1330 g/mol. The number of carbonyl (C=O) groups excluding carboxylic acids is 4. The Bertz CT molecular complexity index is 1990. The van der Waals surface area contributed by atoms with Gasteiger partial charge in [-0.05, 0) is 49.4 Å². The van der Waals surface area contributed by atoms with Gasteiger partial charge in [-0.3, -0.25) is 37.3 Å². The van der Waals surface area contributed by atoms with Gasteiger partial charge in [0.25, 0.3) is 0 Å². The highest BCUT2D eigenvalue weighted by Crippen LogP contribution is 2.45. The van der Waals surface area contributed by atoms with Gasteiger partial charge in [0, 0.05) is 25.7 Å². The lowest BCUT2D eigenvalue weighted by atomic mass is 9.99. The van der Waals surface area contributed by atoms with Gasteiger partial charge in [-0.2, -0.15) is 0 Å². The Hall–Kier alpha value is -1.94. The third-order valence-corrected chi connectivity index (χ3v) is 22.3. The summed E-state index contributed by atoms with van der Waals surface area (Å²) in [5, 5.41) is 10.7. The van der Waals surface area contributed by atoms with E-state index in [0.717, 1.165) is 114 Å². The molecule has 19 heteroatoms. The molecule has 0 saturated heterocycles. The second kappa shape index (κ2) is 72.0. The number of phosphoric ester groups is 2.